The van der Waals surface area contributed by atoms with E-state index >= 15 is 0 Å². The minimum absolute atomic E-state index is 0.0529. The number of aliphatic hydroxyl groups is 2. The zero-order chi connectivity index (χ0) is 21.1. The molecule has 1 amide bonds. The van der Waals surface area contributed by atoms with Gasteiger partial charge in [0.2, 0.25) is 12.7 Å². The van der Waals surface area contributed by atoms with Crippen LogP contribution >= 0.6 is 0 Å². The summed E-state index contributed by atoms with van der Waals surface area (Å²) < 4.78 is 15.5. The number of Topliss-reactive ketones (excluding diaryl/α,β-unsaturated/α-hetero) is 1. The lowest BCUT2D eigenvalue weighted by molar-refractivity contribution is -0.149. The van der Waals surface area contributed by atoms with Crippen molar-refractivity contribution in [3.05, 3.63) is 23.8 Å². The van der Waals surface area contributed by atoms with Gasteiger partial charge < -0.3 is 29.3 Å². The van der Waals surface area contributed by atoms with E-state index in [9.17, 15) is 9.59 Å². The fourth-order valence-corrected chi connectivity index (χ4v) is 2.32. The number of aliphatic hydroxyl groups excluding tert-OH is 1. The van der Waals surface area contributed by atoms with E-state index in [1.807, 2.05) is 0 Å². The van der Waals surface area contributed by atoms with Crippen molar-refractivity contribution >= 4 is 11.7 Å². The highest BCUT2D eigenvalue weighted by atomic mass is 16.7. The summed E-state index contributed by atoms with van der Waals surface area (Å²) in [5.74, 6) is 0.902. The van der Waals surface area contributed by atoms with Gasteiger partial charge in [0, 0.05) is 12.6 Å². The summed E-state index contributed by atoms with van der Waals surface area (Å²) in [5, 5.41) is 14.2. The van der Waals surface area contributed by atoms with Crippen LogP contribution in [0, 0.1) is 5.92 Å². The van der Waals surface area contributed by atoms with Gasteiger partial charge >= 0.3 is 0 Å². The van der Waals surface area contributed by atoms with Crippen molar-refractivity contribution in [2.45, 2.75) is 39.7 Å². The highest BCUT2D eigenvalue weighted by Gasteiger charge is 2.33. The Kier molecular flexibility index (Phi) is 10.5. The quantitative estimate of drug-likeness (QED) is 0.577. The normalized spacial score (nSPS) is 15.2. The van der Waals surface area contributed by atoms with Crippen LogP contribution in [0.2, 0.25) is 0 Å². The van der Waals surface area contributed by atoms with Gasteiger partial charge in [0.25, 0.3) is 0 Å². The number of benzene rings is 1. The Bertz CT molecular complexity index is 629. The molecule has 158 valence electrons. The Morgan fingerprint density at radius 3 is 2.21 bits per heavy atom. The van der Waals surface area contributed by atoms with Crippen molar-refractivity contribution in [3.63, 3.8) is 0 Å². The molecule has 0 saturated carbocycles. The second kappa shape index (κ2) is 12.3. The first-order valence-electron chi connectivity index (χ1n) is 9.41. The van der Waals surface area contributed by atoms with Gasteiger partial charge in [-0.15, -0.1) is 0 Å². The summed E-state index contributed by atoms with van der Waals surface area (Å²) in [6.45, 7) is 6.38. The lowest BCUT2D eigenvalue weighted by Gasteiger charge is -2.32. The van der Waals surface area contributed by atoms with E-state index in [4.69, 9.17) is 24.4 Å². The van der Waals surface area contributed by atoms with Crippen LogP contribution in [0.5, 0.6) is 11.5 Å². The Hall–Kier alpha value is -2.16. The number of amides is 1. The van der Waals surface area contributed by atoms with Crippen molar-refractivity contribution in [2.24, 2.45) is 5.92 Å². The van der Waals surface area contributed by atoms with Gasteiger partial charge in [0.15, 0.2) is 17.3 Å². The molecule has 2 N–H and O–H groups in total. The second-order valence-electron chi connectivity index (χ2n) is 6.43. The topological polar surface area (TPSA) is 106 Å². The van der Waals surface area contributed by atoms with Crippen LogP contribution in [0.4, 0.5) is 0 Å². The number of unbranched alkanes of at least 4 members (excludes halogenated alkanes) is 1. The van der Waals surface area contributed by atoms with E-state index in [0.717, 1.165) is 0 Å². The first-order valence-corrected chi connectivity index (χ1v) is 9.41. The monoisotopic (exact) mass is 397 g/mol. The summed E-state index contributed by atoms with van der Waals surface area (Å²) in [5.41, 5.74) is 0.510. The standard InChI is InChI=1S/C15H17NO5.C4H10.CH4O2/c1-9(16(2)15(18)11-6-19-7-11)14(17)10-3-4-12-13(5-10)21-8-20-12;1-3-4-2;2-1-3/h3-5,9,11H,6-8H2,1-2H3;3-4H2,1-2H3;2-3H,1H2. The van der Waals surface area contributed by atoms with Crippen LogP contribution in [0.15, 0.2) is 18.2 Å². The minimum atomic E-state index is -0.750. The molecule has 1 fully saturated rings. The number of nitrogens with zero attached hydrogens (tertiary/aromatic N) is 1. The van der Waals surface area contributed by atoms with E-state index in [-0.39, 0.29) is 24.4 Å². The van der Waals surface area contributed by atoms with Gasteiger partial charge in [-0.25, -0.2) is 0 Å². The third kappa shape index (κ3) is 6.47. The van der Waals surface area contributed by atoms with Gasteiger partial charge in [0.1, 0.15) is 6.79 Å². The molecule has 2 aliphatic heterocycles. The van der Waals surface area contributed by atoms with Crippen molar-refractivity contribution in [1.82, 2.24) is 4.90 Å². The molecule has 2 aliphatic rings. The number of ether oxygens (including phenoxy) is 3. The molecule has 8 heteroatoms. The van der Waals surface area contributed by atoms with Crippen molar-refractivity contribution in [3.8, 4) is 11.5 Å². The fourth-order valence-electron chi connectivity index (χ4n) is 2.32. The Balaban J connectivity index is 0.000000489. The molecule has 0 radical (unpaired) electrons. The SMILES string of the molecule is CC(C(=O)c1ccc2c(c1)OCO2)N(C)C(=O)C1COC1.CCCC.OCO. The van der Waals surface area contributed by atoms with E-state index in [1.54, 1.807) is 32.2 Å². The number of rotatable bonds is 5. The first kappa shape index (κ1) is 23.9. The molecule has 3 rings (SSSR count). The van der Waals surface area contributed by atoms with Gasteiger partial charge in [-0.3, -0.25) is 9.59 Å². The molecule has 28 heavy (non-hydrogen) atoms. The van der Waals surface area contributed by atoms with Gasteiger partial charge in [-0.1, -0.05) is 26.7 Å². The number of carbonyl (C=O) groups is 2. The third-order valence-corrected chi connectivity index (χ3v) is 4.45. The zero-order valence-corrected chi connectivity index (χ0v) is 17.0. The Labute approximate surface area is 166 Å². The van der Waals surface area contributed by atoms with E-state index in [2.05, 4.69) is 13.8 Å². The molecule has 0 bridgehead atoms. The lowest BCUT2D eigenvalue weighted by Crippen LogP contribution is -2.48. The highest BCUT2D eigenvalue weighted by Crippen LogP contribution is 2.33. The predicted molar refractivity (Wildman–Crippen MR) is 103 cm³/mol. The minimum Gasteiger partial charge on any atom is -0.454 e. The van der Waals surface area contributed by atoms with Gasteiger partial charge in [0.05, 0.1) is 25.2 Å². The van der Waals surface area contributed by atoms with Crippen LogP contribution < -0.4 is 9.47 Å². The average molecular weight is 397 g/mol. The first-order chi connectivity index (χ1) is 13.4. The second-order valence-corrected chi connectivity index (χ2v) is 6.43. The maximum atomic E-state index is 12.5. The fraction of sp³-hybridized carbons (Fsp3) is 0.600. The summed E-state index contributed by atoms with van der Waals surface area (Å²) in [4.78, 5) is 26.1. The molecular weight excluding hydrogens is 366 g/mol. The zero-order valence-electron chi connectivity index (χ0n) is 17.0. The van der Waals surface area contributed by atoms with Gasteiger partial charge in [-0.2, -0.15) is 0 Å². The molecule has 1 aromatic rings. The molecule has 0 aliphatic carbocycles. The van der Waals surface area contributed by atoms with Gasteiger partial charge in [-0.05, 0) is 25.1 Å². The third-order valence-electron chi connectivity index (χ3n) is 4.45. The van der Waals surface area contributed by atoms with E-state index in [1.165, 1.54) is 17.7 Å². The number of carbonyl (C=O) groups excluding carboxylic acids is 2. The van der Waals surface area contributed by atoms with E-state index in [0.29, 0.717) is 30.3 Å². The molecule has 8 nitrogen and oxygen atoms in total. The van der Waals surface area contributed by atoms with Crippen LogP contribution in [-0.4, -0.2) is 66.7 Å². The largest absolute Gasteiger partial charge is 0.454 e. The molecular formula is C20H31NO7. The molecule has 2 heterocycles. The summed E-state index contributed by atoms with van der Waals surface area (Å²) in [6.07, 6.45) is 2.64. The smallest absolute Gasteiger partial charge is 0.231 e. The number of hydrogen-bond donors (Lipinski definition) is 2. The Morgan fingerprint density at radius 2 is 1.71 bits per heavy atom. The molecule has 0 aromatic heterocycles. The molecule has 1 saturated heterocycles. The summed E-state index contributed by atoms with van der Waals surface area (Å²) in [7, 11) is 1.65. The van der Waals surface area contributed by atoms with Crippen molar-refractivity contribution < 1.29 is 34.0 Å². The molecule has 1 aromatic carbocycles. The van der Waals surface area contributed by atoms with Crippen LogP contribution in [0.25, 0.3) is 0 Å². The molecule has 0 spiro atoms. The Morgan fingerprint density at radius 1 is 1.14 bits per heavy atom. The van der Waals surface area contributed by atoms with Crippen molar-refractivity contribution in [2.75, 3.05) is 33.8 Å². The number of likely N-dealkylation sites (N-methyl/N-ethyl adjacent to an activating group) is 1. The lowest BCUT2D eigenvalue weighted by atomic mass is 10.0. The van der Waals surface area contributed by atoms with E-state index < -0.39 is 12.8 Å². The summed E-state index contributed by atoms with van der Waals surface area (Å²) >= 11 is 0. The van der Waals surface area contributed by atoms with Crippen molar-refractivity contribution in [1.29, 1.82) is 0 Å². The average Bonchev–Trinajstić information content (AvgIpc) is 3.13. The number of fused-ring (bicyclic) bond motifs is 1. The maximum Gasteiger partial charge on any atom is 0.231 e. The highest BCUT2D eigenvalue weighted by molar-refractivity contribution is 6.02. The number of hydrogen-bond acceptors (Lipinski definition) is 7. The predicted octanol–water partition coefficient (Wildman–Crippen LogP) is 1.83. The van der Waals surface area contributed by atoms with Crippen LogP contribution in [0.1, 0.15) is 44.0 Å². The molecule has 1 unspecified atom stereocenters. The van der Waals surface area contributed by atoms with Crippen LogP contribution in [0.3, 0.4) is 0 Å². The number of ketones is 1. The summed E-state index contributed by atoms with van der Waals surface area (Å²) in [6, 6.07) is 4.53. The molecule has 1 atom stereocenters. The van der Waals surface area contributed by atoms with Crippen LogP contribution in [-0.2, 0) is 9.53 Å². The maximum absolute atomic E-state index is 12.5.